The minimum atomic E-state index is -0.154. The van der Waals surface area contributed by atoms with Gasteiger partial charge in [-0.05, 0) is 101 Å². The quantitative estimate of drug-likeness (QED) is 0.162. The van der Waals surface area contributed by atoms with Gasteiger partial charge in [0.05, 0.1) is 16.6 Å². The van der Waals surface area contributed by atoms with Crippen LogP contribution < -0.4 is 0 Å². The Labute approximate surface area is 367 Å². The molecule has 0 spiro atoms. The van der Waals surface area contributed by atoms with Gasteiger partial charge >= 0.3 is 0 Å². The molecule has 0 fully saturated rings. The Kier molecular flexibility index (Phi) is 11.0. The average Bonchev–Trinajstić information content (AvgIpc) is 3.65. The molecule has 0 amide bonds. The van der Waals surface area contributed by atoms with E-state index in [0.29, 0.717) is 11.4 Å². The number of phenolic OH excluding ortho intramolecular Hbond substituents is 1. The number of imidazole rings is 1. The molecule has 0 saturated heterocycles. The number of aryl methyl sites for hydroxylation is 3. The molecule has 2 aromatic heterocycles. The molecule has 60 heavy (non-hydrogen) atoms. The Hall–Kier alpha value is -6.35. The first kappa shape index (κ1) is 40.4. The van der Waals surface area contributed by atoms with Gasteiger partial charge < -0.3 is 5.11 Å². The summed E-state index contributed by atoms with van der Waals surface area (Å²) in [5, 5.41) is 11.7. The van der Waals surface area contributed by atoms with Crippen molar-refractivity contribution in [3.05, 3.63) is 192 Å². The number of aromatic hydroxyl groups is 1. The van der Waals surface area contributed by atoms with Gasteiger partial charge in [0.15, 0.2) is 0 Å². The minimum absolute atomic E-state index is 0. The fourth-order valence-electron chi connectivity index (χ4n) is 8.20. The fourth-order valence-corrected chi connectivity index (χ4v) is 8.20. The number of phenols is 1. The first-order chi connectivity index (χ1) is 28.5. The van der Waals surface area contributed by atoms with Crippen LogP contribution in [0.15, 0.2) is 164 Å². The van der Waals surface area contributed by atoms with Crippen LogP contribution in [-0.4, -0.2) is 19.6 Å². The largest absolute Gasteiger partial charge is 0.507 e. The van der Waals surface area contributed by atoms with Crippen LogP contribution in [0.5, 0.6) is 5.75 Å². The molecule has 0 aliphatic heterocycles. The molecule has 9 rings (SSSR count). The van der Waals surface area contributed by atoms with Gasteiger partial charge in [-0.3, -0.25) is 9.55 Å². The van der Waals surface area contributed by atoms with Crippen LogP contribution >= 0.6 is 0 Å². The number of fused-ring (bicyclic) bond motifs is 1. The second kappa shape index (κ2) is 16.4. The van der Waals surface area contributed by atoms with Gasteiger partial charge in [0, 0.05) is 38.6 Å². The predicted octanol–water partition coefficient (Wildman–Crippen LogP) is 14.1. The summed E-state index contributed by atoms with van der Waals surface area (Å²) in [7, 11) is 0. The average molecular weight is 960 g/mol. The van der Waals surface area contributed by atoms with E-state index in [9.17, 15) is 5.11 Å². The van der Waals surface area contributed by atoms with Crippen molar-refractivity contribution in [2.45, 2.75) is 47.0 Å². The van der Waals surface area contributed by atoms with E-state index in [1.807, 2.05) is 31.3 Å². The maximum Gasteiger partial charge on any atom is 0.148 e. The van der Waals surface area contributed by atoms with Crippen molar-refractivity contribution in [1.29, 1.82) is 0 Å². The molecule has 0 radical (unpaired) electrons. The molecular weight excluding hydrogens is 914 g/mol. The maximum atomic E-state index is 11.7. The Morgan fingerprint density at radius 1 is 0.550 bits per heavy atom. The van der Waals surface area contributed by atoms with Crippen LogP contribution in [0.25, 0.3) is 83.9 Å². The van der Waals surface area contributed by atoms with E-state index in [0.717, 1.165) is 72.5 Å². The van der Waals surface area contributed by atoms with Gasteiger partial charge in [0.1, 0.15) is 11.6 Å². The molecular formula is C55H46N3OPt-. The summed E-state index contributed by atoms with van der Waals surface area (Å²) in [6.07, 6.45) is 1.88. The van der Waals surface area contributed by atoms with Gasteiger partial charge in [-0.15, -0.1) is 23.8 Å². The molecule has 2 heterocycles. The molecule has 1 N–H and O–H groups in total. The second-order valence-corrected chi connectivity index (χ2v) is 16.6. The van der Waals surface area contributed by atoms with E-state index in [2.05, 4.69) is 185 Å². The van der Waals surface area contributed by atoms with E-state index in [-0.39, 0.29) is 32.2 Å². The van der Waals surface area contributed by atoms with E-state index < -0.39 is 0 Å². The summed E-state index contributed by atoms with van der Waals surface area (Å²) in [5.74, 6) is 0.904. The predicted molar refractivity (Wildman–Crippen MR) is 245 cm³/mol. The van der Waals surface area contributed by atoms with Crippen LogP contribution in [0.2, 0.25) is 0 Å². The van der Waals surface area contributed by atoms with E-state index in [1.54, 1.807) is 0 Å². The van der Waals surface area contributed by atoms with Gasteiger partial charge in [0.25, 0.3) is 0 Å². The van der Waals surface area contributed by atoms with E-state index in [4.69, 9.17) is 9.97 Å². The number of hydrogen-bond acceptors (Lipinski definition) is 3. The van der Waals surface area contributed by atoms with Crippen molar-refractivity contribution in [3.63, 3.8) is 0 Å². The molecule has 0 saturated carbocycles. The second-order valence-electron chi connectivity index (χ2n) is 16.6. The van der Waals surface area contributed by atoms with Crippen LogP contribution in [0.4, 0.5) is 0 Å². The van der Waals surface area contributed by atoms with Crippen molar-refractivity contribution >= 4 is 11.0 Å². The Morgan fingerprint density at radius 3 is 1.95 bits per heavy atom. The molecule has 0 unspecified atom stereocenters. The molecule has 9 aromatic rings. The van der Waals surface area contributed by atoms with E-state index >= 15 is 0 Å². The van der Waals surface area contributed by atoms with Crippen LogP contribution in [0.1, 0.15) is 43.0 Å². The van der Waals surface area contributed by atoms with Crippen molar-refractivity contribution in [3.8, 4) is 78.6 Å². The monoisotopic (exact) mass is 959 g/mol. The summed E-state index contributed by atoms with van der Waals surface area (Å²) >= 11 is 0. The summed E-state index contributed by atoms with van der Waals surface area (Å²) < 4.78 is 2.21. The smallest absolute Gasteiger partial charge is 0.148 e. The molecule has 7 aromatic carbocycles. The zero-order valence-corrected chi connectivity index (χ0v) is 37.0. The zero-order chi connectivity index (χ0) is 40.8. The summed E-state index contributed by atoms with van der Waals surface area (Å²) in [4.78, 5) is 10.4. The maximum absolute atomic E-state index is 11.7. The number of benzene rings is 7. The van der Waals surface area contributed by atoms with Crippen LogP contribution in [0, 0.1) is 26.8 Å². The number of para-hydroxylation sites is 1. The normalized spacial score (nSPS) is 11.4. The molecule has 0 atom stereocenters. The third-order valence-electron chi connectivity index (χ3n) is 11.2. The molecule has 0 aliphatic carbocycles. The number of nitrogens with zero attached hydrogens (tertiary/aromatic N) is 3. The molecule has 298 valence electrons. The van der Waals surface area contributed by atoms with Gasteiger partial charge in [-0.2, -0.15) is 0 Å². The third kappa shape index (κ3) is 7.76. The Balaban J connectivity index is 0.00000499. The first-order valence-electron chi connectivity index (χ1n) is 20.2. The number of aromatic nitrogens is 3. The summed E-state index contributed by atoms with van der Waals surface area (Å²) in [5.41, 5.74) is 17.9. The summed E-state index contributed by atoms with van der Waals surface area (Å²) in [6.45, 7) is 12.9. The topological polar surface area (TPSA) is 50.9 Å². The van der Waals surface area contributed by atoms with Gasteiger partial charge in [0.2, 0.25) is 0 Å². The molecule has 0 aliphatic rings. The molecule has 5 heteroatoms. The summed E-state index contributed by atoms with van der Waals surface area (Å²) in [6, 6.07) is 59.2. The fraction of sp³-hybridized carbons (Fsp3) is 0.127. The SMILES string of the molecule is Cc1ccc(-c2ccnc(-c3[c-]c(-c4cccc5c4nc(-c4cc(C)cc(C)c4O)n5-c4ccc(-c5ccccc5)c(C(C)(C)C)c4)cc(-c4ccccc4)c3)c2)cc1.[Pt]. The van der Waals surface area contributed by atoms with Crippen LogP contribution in [-0.2, 0) is 26.5 Å². The van der Waals surface area contributed by atoms with Crippen molar-refractivity contribution < 1.29 is 26.2 Å². The molecule has 4 nitrogen and oxygen atoms in total. The Morgan fingerprint density at radius 2 is 1.23 bits per heavy atom. The minimum Gasteiger partial charge on any atom is -0.507 e. The number of pyridine rings is 1. The van der Waals surface area contributed by atoms with Crippen molar-refractivity contribution in [2.24, 2.45) is 0 Å². The van der Waals surface area contributed by atoms with Crippen molar-refractivity contribution in [2.75, 3.05) is 0 Å². The van der Waals surface area contributed by atoms with Crippen molar-refractivity contribution in [1.82, 2.24) is 14.5 Å². The first-order valence-corrected chi connectivity index (χ1v) is 20.2. The van der Waals surface area contributed by atoms with Gasteiger partial charge in [-0.1, -0.05) is 158 Å². The number of hydrogen-bond donors (Lipinski definition) is 1. The van der Waals surface area contributed by atoms with E-state index in [1.165, 1.54) is 22.3 Å². The zero-order valence-electron chi connectivity index (χ0n) is 34.7. The van der Waals surface area contributed by atoms with Gasteiger partial charge in [-0.25, -0.2) is 4.98 Å². The standard InChI is InChI=1S/C55H46N3O.Pt/c1-35-20-22-39(23-21-35)41-26-27-56-50(33-41)44-31-42(38-14-9-7-10-15-38)30-43(32-44)47-18-13-19-51-52(47)57-54(48-29-36(2)28-37(3)53(48)59)58(51)45-24-25-46(40-16-11-8-12-17-40)49(34-45)55(4,5)6;/h7-31,33-34,59H,1-6H3;/q-1;. The molecule has 0 bridgehead atoms. The number of rotatable bonds is 7. The van der Waals surface area contributed by atoms with Crippen LogP contribution in [0.3, 0.4) is 0 Å². The third-order valence-corrected chi connectivity index (χ3v) is 11.2. The Bertz CT molecular complexity index is 3000.